The number of hydrogen-bond donors (Lipinski definition) is 1. The average Bonchev–Trinajstić information content (AvgIpc) is 2.83. The summed E-state index contributed by atoms with van der Waals surface area (Å²) in [4.78, 5) is 18.9. The summed E-state index contributed by atoms with van der Waals surface area (Å²) in [6.45, 7) is 8.67. The van der Waals surface area contributed by atoms with E-state index < -0.39 is 0 Å². The summed E-state index contributed by atoms with van der Waals surface area (Å²) in [6, 6.07) is 6.10. The summed E-state index contributed by atoms with van der Waals surface area (Å²) in [5.41, 5.74) is 2.12. The van der Waals surface area contributed by atoms with Crippen LogP contribution in [0.2, 0.25) is 0 Å². The Bertz CT molecular complexity index is 603. The fourth-order valence-corrected chi connectivity index (χ4v) is 3.36. The van der Waals surface area contributed by atoms with E-state index >= 15 is 0 Å². The van der Waals surface area contributed by atoms with Crippen LogP contribution in [-0.4, -0.2) is 35.4 Å². The van der Waals surface area contributed by atoms with E-state index in [4.69, 9.17) is 0 Å². The minimum Gasteiger partial charge on any atom is -0.301 e. The monoisotopic (exact) mass is 305 g/mol. The Balaban J connectivity index is 2.02. The lowest BCUT2D eigenvalue weighted by Gasteiger charge is -2.19. The Morgan fingerprint density at radius 2 is 2.00 bits per heavy atom. The molecule has 1 amide bonds. The molecule has 1 heterocycles. The van der Waals surface area contributed by atoms with Crippen LogP contribution in [0.1, 0.15) is 32.3 Å². The molecule has 0 saturated carbocycles. The second-order valence-corrected chi connectivity index (χ2v) is 6.30. The largest absolute Gasteiger partial charge is 0.301 e. The first kappa shape index (κ1) is 15.9. The highest BCUT2D eigenvalue weighted by Gasteiger charge is 2.12. The molecule has 0 fully saturated rings. The van der Waals surface area contributed by atoms with Gasteiger partial charge in [0, 0.05) is 0 Å². The first-order chi connectivity index (χ1) is 10.1. The van der Waals surface area contributed by atoms with E-state index in [0.717, 1.165) is 41.7 Å². The lowest BCUT2D eigenvalue weighted by Crippen LogP contribution is -2.34. The number of carbonyl (C=O) groups is 1. The van der Waals surface area contributed by atoms with Gasteiger partial charge in [0.1, 0.15) is 0 Å². The number of rotatable bonds is 7. The fraction of sp³-hybridized carbons (Fsp3) is 0.500. The van der Waals surface area contributed by atoms with Crippen molar-refractivity contribution < 1.29 is 4.79 Å². The van der Waals surface area contributed by atoms with Gasteiger partial charge in [0.05, 0.1) is 16.8 Å². The smallest absolute Gasteiger partial charge is 0.240 e. The predicted molar refractivity (Wildman–Crippen MR) is 90.0 cm³/mol. The Morgan fingerprint density at radius 3 is 2.62 bits per heavy atom. The highest BCUT2D eigenvalue weighted by molar-refractivity contribution is 7.22. The van der Waals surface area contributed by atoms with Crippen LogP contribution in [0, 0.1) is 6.92 Å². The van der Waals surface area contributed by atoms with E-state index in [1.807, 2.05) is 25.1 Å². The van der Waals surface area contributed by atoms with Crippen LogP contribution in [0.5, 0.6) is 0 Å². The number of amides is 1. The van der Waals surface area contributed by atoms with Crippen molar-refractivity contribution in [2.45, 2.75) is 33.6 Å². The highest BCUT2D eigenvalue weighted by atomic mass is 32.1. The molecule has 0 aliphatic carbocycles. The number of nitrogens with one attached hydrogen (secondary N) is 1. The van der Waals surface area contributed by atoms with Gasteiger partial charge in [-0.3, -0.25) is 9.69 Å². The number of nitrogens with zero attached hydrogens (tertiary/aromatic N) is 2. The van der Waals surface area contributed by atoms with Gasteiger partial charge in [0.2, 0.25) is 5.91 Å². The summed E-state index contributed by atoms with van der Waals surface area (Å²) in [5.74, 6) is 0.0219. The quantitative estimate of drug-likeness (QED) is 0.849. The molecule has 0 spiro atoms. The second-order valence-electron chi connectivity index (χ2n) is 5.26. The normalized spacial score (nSPS) is 11.2. The number of hydrogen-bond acceptors (Lipinski definition) is 4. The number of thiazole rings is 1. The molecule has 2 rings (SSSR count). The van der Waals surface area contributed by atoms with Crippen molar-refractivity contribution in [3.8, 4) is 0 Å². The minimum atomic E-state index is 0.0219. The molecule has 5 heteroatoms. The molecule has 114 valence electrons. The first-order valence-electron chi connectivity index (χ1n) is 7.52. The van der Waals surface area contributed by atoms with Crippen LogP contribution in [0.15, 0.2) is 18.2 Å². The number of aromatic nitrogens is 1. The third-order valence-electron chi connectivity index (χ3n) is 3.31. The van der Waals surface area contributed by atoms with Crippen LogP contribution >= 0.6 is 11.3 Å². The molecule has 0 unspecified atom stereocenters. The number of benzene rings is 1. The number of carbonyl (C=O) groups excluding carboxylic acids is 1. The average molecular weight is 305 g/mol. The zero-order chi connectivity index (χ0) is 15.2. The fourth-order valence-electron chi connectivity index (χ4n) is 2.40. The minimum absolute atomic E-state index is 0.0219. The maximum atomic E-state index is 12.1. The summed E-state index contributed by atoms with van der Waals surface area (Å²) in [5, 5.41) is 3.62. The molecule has 0 aliphatic rings. The molecule has 0 aliphatic heterocycles. The summed E-state index contributed by atoms with van der Waals surface area (Å²) in [6.07, 6.45) is 2.13. The summed E-state index contributed by atoms with van der Waals surface area (Å²) in [7, 11) is 0. The van der Waals surface area contributed by atoms with Crippen LogP contribution in [0.4, 0.5) is 5.13 Å². The van der Waals surface area contributed by atoms with Gasteiger partial charge in [-0.2, -0.15) is 0 Å². The van der Waals surface area contributed by atoms with Crippen molar-refractivity contribution in [3.63, 3.8) is 0 Å². The number of aryl methyl sites for hydroxylation is 1. The van der Waals surface area contributed by atoms with Crippen LogP contribution in [0.3, 0.4) is 0 Å². The maximum absolute atomic E-state index is 12.1. The van der Waals surface area contributed by atoms with Crippen molar-refractivity contribution in [1.82, 2.24) is 9.88 Å². The maximum Gasteiger partial charge on any atom is 0.240 e. The van der Waals surface area contributed by atoms with Gasteiger partial charge in [0.25, 0.3) is 0 Å². The number of anilines is 1. The van der Waals surface area contributed by atoms with E-state index in [1.165, 1.54) is 11.3 Å². The zero-order valence-corrected chi connectivity index (χ0v) is 13.8. The summed E-state index contributed by atoms with van der Waals surface area (Å²) < 4.78 is 1.12. The lowest BCUT2D eigenvalue weighted by molar-refractivity contribution is -0.117. The first-order valence-corrected chi connectivity index (χ1v) is 8.34. The van der Waals surface area contributed by atoms with E-state index in [1.54, 1.807) is 0 Å². The molecule has 1 N–H and O–H groups in total. The van der Waals surface area contributed by atoms with Gasteiger partial charge < -0.3 is 5.32 Å². The Hall–Kier alpha value is -1.46. The predicted octanol–water partition coefficient (Wildman–Crippen LogP) is 3.67. The Morgan fingerprint density at radius 1 is 1.29 bits per heavy atom. The molecular formula is C16H23N3OS. The standard InChI is InChI=1S/C16H23N3OS/c1-4-9-19(10-5-2)11-14(20)17-16-18-15-12(3)7-6-8-13(15)21-16/h6-8H,4-5,9-11H2,1-3H3,(H,17,18,20). The molecule has 21 heavy (non-hydrogen) atoms. The number of fused-ring (bicyclic) bond motifs is 1. The Labute approximate surface area is 130 Å². The van der Waals surface area contributed by atoms with Crippen molar-refractivity contribution in [1.29, 1.82) is 0 Å². The summed E-state index contributed by atoms with van der Waals surface area (Å²) >= 11 is 1.53. The molecule has 1 aromatic carbocycles. The second kappa shape index (κ2) is 7.52. The molecule has 4 nitrogen and oxygen atoms in total. The zero-order valence-electron chi connectivity index (χ0n) is 13.0. The SMILES string of the molecule is CCCN(CCC)CC(=O)Nc1nc2c(C)cccc2s1. The van der Waals surface area contributed by atoms with E-state index in [-0.39, 0.29) is 5.91 Å². The lowest BCUT2D eigenvalue weighted by atomic mass is 10.2. The molecule has 0 radical (unpaired) electrons. The van der Waals surface area contributed by atoms with Crippen molar-refractivity contribution in [3.05, 3.63) is 23.8 Å². The topological polar surface area (TPSA) is 45.2 Å². The van der Waals surface area contributed by atoms with Gasteiger partial charge in [-0.25, -0.2) is 4.98 Å². The third-order valence-corrected chi connectivity index (χ3v) is 4.25. The van der Waals surface area contributed by atoms with Crippen molar-refractivity contribution in [2.24, 2.45) is 0 Å². The molecule has 0 atom stereocenters. The van der Waals surface area contributed by atoms with Gasteiger partial charge >= 0.3 is 0 Å². The molecular weight excluding hydrogens is 282 g/mol. The van der Waals surface area contributed by atoms with Crippen LogP contribution in [0.25, 0.3) is 10.2 Å². The van der Waals surface area contributed by atoms with E-state index in [9.17, 15) is 4.79 Å². The number of para-hydroxylation sites is 1. The van der Waals surface area contributed by atoms with E-state index in [2.05, 4.69) is 29.0 Å². The van der Waals surface area contributed by atoms with E-state index in [0.29, 0.717) is 11.7 Å². The van der Waals surface area contributed by atoms with Gasteiger partial charge in [0.15, 0.2) is 5.13 Å². The third kappa shape index (κ3) is 4.25. The molecule has 0 bridgehead atoms. The van der Waals surface area contributed by atoms with Gasteiger partial charge in [-0.1, -0.05) is 37.3 Å². The van der Waals surface area contributed by atoms with Crippen molar-refractivity contribution >= 4 is 32.6 Å². The molecule has 1 aromatic heterocycles. The van der Waals surface area contributed by atoms with Gasteiger partial charge in [-0.05, 0) is 44.5 Å². The molecule has 2 aromatic rings. The van der Waals surface area contributed by atoms with Gasteiger partial charge in [-0.15, -0.1) is 0 Å². The van der Waals surface area contributed by atoms with Crippen LogP contribution < -0.4 is 5.32 Å². The molecule has 0 saturated heterocycles. The van der Waals surface area contributed by atoms with Crippen LogP contribution in [-0.2, 0) is 4.79 Å². The van der Waals surface area contributed by atoms with Crippen molar-refractivity contribution in [2.75, 3.05) is 25.0 Å². The Kier molecular flexibility index (Phi) is 5.70. The highest BCUT2D eigenvalue weighted by Crippen LogP contribution is 2.27.